The summed E-state index contributed by atoms with van der Waals surface area (Å²) in [5.41, 5.74) is 0. The quantitative estimate of drug-likeness (QED) is 0.136. The number of ether oxygens (including phenoxy) is 5. The van der Waals surface area contributed by atoms with E-state index in [-0.39, 0.29) is 31.5 Å². The van der Waals surface area contributed by atoms with Crippen LogP contribution in [0.5, 0.6) is 0 Å². The lowest BCUT2D eigenvalue weighted by Crippen LogP contribution is -2.25. The van der Waals surface area contributed by atoms with Crippen molar-refractivity contribution in [1.82, 2.24) is 0 Å². The number of aliphatic hydroxyl groups excluding tert-OH is 5. The highest BCUT2D eigenvalue weighted by atomic mass is 16.5. The lowest BCUT2D eigenvalue weighted by atomic mass is 10.2. The normalized spacial score (nSPS) is 13.1. The van der Waals surface area contributed by atoms with Crippen molar-refractivity contribution in [2.45, 2.75) is 118 Å². The predicted molar refractivity (Wildman–Crippen MR) is 159 cm³/mol. The van der Waals surface area contributed by atoms with Gasteiger partial charge in [-0.3, -0.25) is 0 Å². The minimum Gasteiger partial charge on any atom is -0.394 e. The van der Waals surface area contributed by atoms with Crippen LogP contribution in [0.3, 0.4) is 0 Å². The Kier molecular flexibility index (Phi) is 58.7. The first kappa shape index (κ1) is 48.3. The van der Waals surface area contributed by atoms with E-state index < -0.39 is 6.10 Å². The van der Waals surface area contributed by atoms with Crippen LogP contribution in [-0.2, 0) is 23.7 Å². The monoisotopic (exact) mass is 576 g/mol. The molecule has 0 heterocycles. The number of hydrogen-bond donors (Lipinski definition) is 5. The van der Waals surface area contributed by atoms with Crippen molar-refractivity contribution in [2.24, 2.45) is 0 Å². The van der Waals surface area contributed by atoms with Crippen molar-refractivity contribution >= 4 is 0 Å². The topological polar surface area (TPSA) is 147 Å². The fraction of sp³-hybridized carbons (Fsp3) is 1.00. The van der Waals surface area contributed by atoms with Crippen LogP contribution in [0.25, 0.3) is 0 Å². The first-order valence-electron chi connectivity index (χ1n) is 14.7. The maximum atomic E-state index is 9.11. The molecule has 0 fully saturated rings. The molecule has 244 valence electrons. The number of unbranched alkanes of at least 4 members (excludes halogenated alkanes) is 1. The maximum Gasteiger partial charge on any atom is 0.0828 e. The second-order valence-electron chi connectivity index (χ2n) is 8.81. The van der Waals surface area contributed by atoms with Crippen LogP contribution in [-0.4, -0.2) is 123 Å². The molecule has 0 saturated carbocycles. The van der Waals surface area contributed by atoms with Gasteiger partial charge in [0.25, 0.3) is 0 Å². The lowest BCUT2D eigenvalue weighted by Gasteiger charge is -2.17. The fourth-order valence-corrected chi connectivity index (χ4v) is 2.13. The molecule has 10 heteroatoms. The third-order valence-electron chi connectivity index (χ3n) is 4.10. The summed E-state index contributed by atoms with van der Waals surface area (Å²) in [7, 11) is 1.56. The largest absolute Gasteiger partial charge is 0.394 e. The number of aliphatic hydroxyl groups is 5. The molecule has 0 aromatic heterocycles. The van der Waals surface area contributed by atoms with Crippen molar-refractivity contribution in [2.75, 3.05) is 73.2 Å². The number of methoxy groups -OCH3 is 1. The molecule has 0 aliphatic carbocycles. The molecule has 4 atom stereocenters. The SMILES string of the molecule is CC(O)CO.CCCCOCCOCCO.CCCOC(CC)C(C)O.CCCOCCC.COCC(C)O. The average molecular weight is 577 g/mol. The van der Waals surface area contributed by atoms with Gasteiger partial charge in [0.15, 0.2) is 0 Å². The first-order valence-corrected chi connectivity index (χ1v) is 14.7. The van der Waals surface area contributed by atoms with Crippen molar-refractivity contribution in [1.29, 1.82) is 0 Å². The van der Waals surface area contributed by atoms with E-state index in [0.717, 1.165) is 65.0 Å². The molecule has 0 aliphatic rings. The lowest BCUT2D eigenvalue weighted by molar-refractivity contribution is -0.0305. The van der Waals surface area contributed by atoms with Gasteiger partial charge in [-0.05, 0) is 52.9 Å². The Morgan fingerprint density at radius 2 is 1.05 bits per heavy atom. The van der Waals surface area contributed by atoms with Crippen LogP contribution in [0.15, 0.2) is 0 Å². The highest BCUT2D eigenvalue weighted by Gasteiger charge is 2.11. The molecule has 0 radical (unpaired) electrons. The summed E-state index contributed by atoms with van der Waals surface area (Å²) in [6.07, 6.45) is 5.26. The van der Waals surface area contributed by atoms with E-state index in [4.69, 9.17) is 44.5 Å². The van der Waals surface area contributed by atoms with Crippen molar-refractivity contribution in [3.63, 3.8) is 0 Å². The van der Waals surface area contributed by atoms with Crippen molar-refractivity contribution in [3.05, 3.63) is 0 Å². The Balaban J connectivity index is -0.000000127. The zero-order chi connectivity index (χ0) is 31.2. The molecule has 0 aromatic carbocycles. The molecule has 39 heavy (non-hydrogen) atoms. The molecule has 0 bridgehead atoms. The Bertz CT molecular complexity index is 347. The van der Waals surface area contributed by atoms with E-state index in [1.807, 2.05) is 6.92 Å². The molecule has 4 unspecified atom stereocenters. The van der Waals surface area contributed by atoms with Crippen LogP contribution < -0.4 is 0 Å². The Morgan fingerprint density at radius 3 is 1.33 bits per heavy atom. The average Bonchev–Trinajstić information content (AvgIpc) is 2.90. The Labute approximate surface area is 241 Å². The zero-order valence-electron chi connectivity index (χ0n) is 26.9. The molecule has 0 amide bonds. The summed E-state index contributed by atoms with van der Waals surface area (Å²) >= 11 is 0. The second-order valence-corrected chi connectivity index (χ2v) is 8.81. The zero-order valence-corrected chi connectivity index (χ0v) is 26.9. The molecule has 10 nitrogen and oxygen atoms in total. The number of hydrogen-bond acceptors (Lipinski definition) is 10. The van der Waals surface area contributed by atoms with Crippen molar-refractivity contribution < 1.29 is 49.2 Å². The highest BCUT2D eigenvalue weighted by molar-refractivity contribution is 4.61. The first-order chi connectivity index (χ1) is 18.6. The third-order valence-corrected chi connectivity index (χ3v) is 4.10. The van der Waals surface area contributed by atoms with Crippen LogP contribution in [0.4, 0.5) is 0 Å². The Hall–Kier alpha value is -0.400. The molecular weight excluding hydrogens is 508 g/mol. The summed E-state index contributed by atoms with van der Waals surface area (Å²) in [5, 5.41) is 41.9. The smallest absolute Gasteiger partial charge is 0.0828 e. The van der Waals surface area contributed by atoms with Gasteiger partial charge in [0.05, 0.1) is 64.1 Å². The van der Waals surface area contributed by atoms with E-state index >= 15 is 0 Å². The van der Waals surface area contributed by atoms with Gasteiger partial charge in [0.2, 0.25) is 0 Å². The highest BCUT2D eigenvalue weighted by Crippen LogP contribution is 2.03. The Morgan fingerprint density at radius 1 is 0.590 bits per heavy atom. The van der Waals surface area contributed by atoms with Crippen LogP contribution in [0.2, 0.25) is 0 Å². The summed E-state index contributed by atoms with van der Waals surface area (Å²) in [6.45, 7) is 20.9. The molecule has 0 rings (SSSR count). The van der Waals surface area contributed by atoms with Crippen molar-refractivity contribution in [3.8, 4) is 0 Å². The van der Waals surface area contributed by atoms with Gasteiger partial charge in [-0.1, -0.05) is 41.0 Å². The minimum atomic E-state index is -0.560. The van der Waals surface area contributed by atoms with Crippen LogP contribution >= 0.6 is 0 Å². The van der Waals surface area contributed by atoms with Gasteiger partial charge in [-0.15, -0.1) is 0 Å². The van der Waals surface area contributed by atoms with Gasteiger partial charge < -0.3 is 49.2 Å². The van der Waals surface area contributed by atoms with E-state index in [1.165, 1.54) is 6.92 Å². The summed E-state index contributed by atoms with van der Waals surface area (Å²) in [6, 6.07) is 0. The summed E-state index contributed by atoms with van der Waals surface area (Å²) < 4.78 is 25.2. The fourth-order valence-electron chi connectivity index (χ4n) is 2.13. The standard InChI is InChI=1S/C8H18O3.C8H18O2.C6H14O.C4H10O2.C3H8O2/c1-2-3-5-10-7-8-11-6-4-9;1-4-6-10-8(5-2)7(3)9;1-3-5-7-6-4-2;1-4(5)3-6-2;1-3(5)2-4/h9H,2-8H2,1H3;7-9H,4-6H2,1-3H3;3-6H2,1-2H3;4-5H,3H2,1-2H3;3-5H,2H2,1H3. The summed E-state index contributed by atoms with van der Waals surface area (Å²) in [5.74, 6) is 0. The van der Waals surface area contributed by atoms with Crippen LogP contribution in [0, 0.1) is 0 Å². The van der Waals surface area contributed by atoms with Gasteiger partial charge in [0.1, 0.15) is 0 Å². The molecule has 0 saturated heterocycles. The van der Waals surface area contributed by atoms with Gasteiger partial charge in [-0.25, -0.2) is 0 Å². The van der Waals surface area contributed by atoms with E-state index in [2.05, 4.69) is 32.4 Å². The molecular formula is C29H68O10. The molecule has 0 spiro atoms. The molecule has 5 N–H and O–H groups in total. The second kappa shape index (κ2) is 47.4. The van der Waals surface area contributed by atoms with Crippen LogP contribution in [0.1, 0.15) is 93.9 Å². The minimum absolute atomic E-state index is 0.0277. The van der Waals surface area contributed by atoms with Gasteiger partial charge >= 0.3 is 0 Å². The van der Waals surface area contributed by atoms with Gasteiger partial charge in [-0.2, -0.15) is 0 Å². The number of rotatable bonds is 20. The van der Waals surface area contributed by atoms with E-state index in [1.54, 1.807) is 21.0 Å². The van der Waals surface area contributed by atoms with E-state index in [9.17, 15) is 0 Å². The molecule has 0 aromatic rings. The summed E-state index contributed by atoms with van der Waals surface area (Å²) in [4.78, 5) is 0. The third kappa shape index (κ3) is 67.3. The predicted octanol–water partition coefficient (Wildman–Crippen LogP) is 3.58. The van der Waals surface area contributed by atoms with E-state index in [0.29, 0.717) is 26.4 Å². The maximum absolute atomic E-state index is 9.11. The molecule has 0 aliphatic heterocycles. The van der Waals surface area contributed by atoms with Gasteiger partial charge in [0, 0.05) is 33.5 Å².